The highest BCUT2D eigenvalue weighted by Crippen LogP contribution is 2.48. The number of ketones is 2. The van der Waals surface area contributed by atoms with Gasteiger partial charge in [-0.3, -0.25) is 9.59 Å². The molecule has 0 aromatic rings. The lowest BCUT2D eigenvalue weighted by Gasteiger charge is -2.44. The van der Waals surface area contributed by atoms with Gasteiger partial charge in [-0.1, -0.05) is 43.3 Å². The number of methoxy groups -OCH3 is 1. The molecule has 6 fully saturated rings. The summed E-state index contributed by atoms with van der Waals surface area (Å²) in [6, 6.07) is 0.282. The molecule has 2 aliphatic heterocycles. The first-order valence-corrected chi connectivity index (χ1v) is 24.7. The number of aliphatic hydroxyl groups is 4. The van der Waals surface area contributed by atoms with Gasteiger partial charge in [0.2, 0.25) is 0 Å². The Labute approximate surface area is 361 Å². The fourth-order valence-electron chi connectivity index (χ4n) is 13.6. The van der Waals surface area contributed by atoms with E-state index in [4.69, 9.17) is 10.5 Å². The summed E-state index contributed by atoms with van der Waals surface area (Å²) >= 11 is 0. The van der Waals surface area contributed by atoms with Gasteiger partial charge in [-0.05, 0) is 176 Å². The maximum Gasteiger partial charge on any atom is 0.153 e. The number of carbonyl (C=O) groups excluding carboxylic acids is 2. The van der Waals surface area contributed by atoms with E-state index in [1.807, 2.05) is 0 Å². The van der Waals surface area contributed by atoms with Crippen molar-refractivity contribution in [2.24, 2.45) is 70.3 Å². The number of nitrogens with two attached hydrogens (primary N) is 1. The van der Waals surface area contributed by atoms with E-state index in [9.17, 15) is 30.0 Å². The second-order valence-electron chi connectivity index (χ2n) is 21.0. The first-order valence-electron chi connectivity index (χ1n) is 24.7. The molecule has 1 spiro atoms. The molecule has 2 saturated heterocycles. The summed E-state index contributed by atoms with van der Waals surface area (Å²) in [6.07, 6.45) is 22.1. The highest BCUT2D eigenvalue weighted by atomic mass is 16.5. The molecule has 10 heteroatoms. The lowest BCUT2D eigenvalue weighted by molar-refractivity contribution is -0.135. The van der Waals surface area contributed by atoms with E-state index in [0.29, 0.717) is 106 Å². The van der Waals surface area contributed by atoms with E-state index in [-0.39, 0.29) is 60.3 Å². The average Bonchev–Trinajstić information content (AvgIpc) is 3.30. The normalized spacial score (nSPS) is 41.0. The molecule has 0 radical (unpaired) electrons. The van der Waals surface area contributed by atoms with Crippen LogP contribution in [0.25, 0.3) is 0 Å². The monoisotopic (exact) mass is 836 g/mol. The molecule has 10 nitrogen and oxygen atoms in total. The maximum atomic E-state index is 14.4. The van der Waals surface area contributed by atoms with E-state index in [1.54, 1.807) is 7.11 Å². The van der Waals surface area contributed by atoms with E-state index in [1.165, 1.54) is 32.1 Å². The number of rotatable bonds is 14. The van der Waals surface area contributed by atoms with Crippen molar-refractivity contribution in [3.8, 4) is 11.8 Å². The third-order valence-electron chi connectivity index (χ3n) is 17.3. The lowest BCUT2D eigenvalue weighted by Crippen LogP contribution is -2.50. The summed E-state index contributed by atoms with van der Waals surface area (Å²) in [5, 5.41) is 52.4. The van der Waals surface area contributed by atoms with Crippen LogP contribution < -0.4 is 16.4 Å². The zero-order chi connectivity index (χ0) is 42.2. The van der Waals surface area contributed by atoms with Crippen molar-refractivity contribution in [1.29, 1.82) is 0 Å². The first kappa shape index (κ1) is 46.3. The van der Waals surface area contributed by atoms with E-state index in [0.717, 1.165) is 58.0 Å². The van der Waals surface area contributed by atoms with Gasteiger partial charge in [0, 0.05) is 44.9 Å². The largest absolute Gasteiger partial charge is 0.396 e. The molecule has 6 unspecified atom stereocenters. The van der Waals surface area contributed by atoms with Crippen LogP contribution in [0.1, 0.15) is 148 Å². The van der Waals surface area contributed by atoms with E-state index >= 15 is 0 Å². The highest BCUT2D eigenvalue weighted by molar-refractivity contribution is 5.89. The molecule has 60 heavy (non-hydrogen) atoms. The summed E-state index contributed by atoms with van der Waals surface area (Å²) in [5.74, 6) is 10.5. The van der Waals surface area contributed by atoms with Gasteiger partial charge in [0.15, 0.2) is 5.78 Å². The molecule has 338 valence electrons. The van der Waals surface area contributed by atoms with Crippen LogP contribution in [0.3, 0.4) is 0 Å². The molecule has 2 heterocycles. The van der Waals surface area contributed by atoms with Crippen molar-refractivity contribution in [2.45, 2.75) is 184 Å². The number of piperidine rings is 2. The Hall–Kier alpha value is -1.68. The number of aliphatic hydroxyl groups excluding tert-OH is 4. The van der Waals surface area contributed by atoms with Crippen LogP contribution in [-0.4, -0.2) is 95.4 Å². The predicted molar refractivity (Wildman–Crippen MR) is 234 cm³/mol. The van der Waals surface area contributed by atoms with Crippen molar-refractivity contribution in [3.05, 3.63) is 12.2 Å². The maximum absolute atomic E-state index is 14.4. The van der Waals surface area contributed by atoms with E-state index in [2.05, 4.69) is 34.6 Å². The van der Waals surface area contributed by atoms with Gasteiger partial charge in [-0.25, -0.2) is 0 Å². The minimum atomic E-state index is -1.11. The van der Waals surface area contributed by atoms with Gasteiger partial charge in [0.05, 0.1) is 30.6 Å². The Bertz CT molecular complexity index is 1490. The fourth-order valence-corrected chi connectivity index (χ4v) is 13.6. The number of hydrogen-bond acceptors (Lipinski definition) is 10. The third-order valence-corrected chi connectivity index (χ3v) is 17.3. The van der Waals surface area contributed by atoms with Gasteiger partial charge in [0.25, 0.3) is 0 Å². The topological polar surface area (TPSA) is 174 Å². The van der Waals surface area contributed by atoms with Crippen LogP contribution in [0.2, 0.25) is 0 Å². The third kappa shape index (κ3) is 11.5. The van der Waals surface area contributed by atoms with Gasteiger partial charge in [-0.2, -0.15) is 0 Å². The molecule has 4 saturated carbocycles. The Morgan fingerprint density at radius 3 is 2.52 bits per heavy atom. The smallest absolute Gasteiger partial charge is 0.153 e. The van der Waals surface area contributed by atoms with Crippen LogP contribution in [0.5, 0.6) is 0 Å². The molecule has 0 aromatic carbocycles. The Kier molecular flexibility index (Phi) is 16.8. The minimum Gasteiger partial charge on any atom is -0.396 e. The summed E-state index contributed by atoms with van der Waals surface area (Å²) in [7, 11) is 1.66. The second-order valence-corrected chi connectivity index (χ2v) is 21.0. The summed E-state index contributed by atoms with van der Waals surface area (Å²) < 4.78 is 5.75. The number of Topliss-reactive ketones (excluding diaryl/α,β-unsaturated/α-hetero) is 2. The number of carbonyl (C=O) groups is 2. The molecule has 8 N–H and O–H groups in total. The number of allylic oxidation sites excluding steroid dienone is 2. The van der Waals surface area contributed by atoms with Gasteiger partial charge in [0.1, 0.15) is 11.2 Å². The fraction of sp³-hybridized carbons (Fsp3) is 0.880. The molecule has 7 rings (SSSR count). The van der Waals surface area contributed by atoms with Crippen LogP contribution in [-0.2, 0) is 14.3 Å². The zero-order valence-corrected chi connectivity index (χ0v) is 36.9. The highest BCUT2D eigenvalue weighted by Gasteiger charge is 2.50. The van der Waals surface area contributed by atoms with Gasteiger partial charge >= 0.3 is 0 Å². The first-order chi connectivity index (χ1) is 29.0. The summed E-state index contributed by atoms with van der Waals surface area (Å²) in [4.78, 5) is 26.5. The average molecular weight is 836 g/mol. The van der Waals surface area contributed by atoms with Crippen LogP contribution in [0.4, 0.5) is 0 Å². The van der Waals surface area contributed by atoms with Crippen molar-refractivity contribution in [2.75, 3.05) is 26.8 Å². The predicted octanol–water partition coefficient (Wildman–Crippen LogP) is 5.82. The van der Waals surface area contributed by atoms with Crippen LogP contribution in [0.15, 0.2) is 12.2 Å². The molecule has 16 atom stereocenters. The zero-order valence-electron chi connectivity index (χ0n) is 36.9. The van der Waals surface area contributed by atoms with Crippen molar-refractivity contribution < 1.29 is 34.8 Å². The SMILES string of the molecule is COC1CC2CCC(=O)[C@]3(C#C[C@H](CC[C@H](O)C[C@H](C=CC4CCCCC4)C4CCNC(N)C4)C2CC1O)CC[C@H](C[C@H](CCO)[C@H]1CN[C@@H]2CC(=O)CC[C@H]2C1)C[C@H]3O. The van der Waals surface area contributed by atoms with Crippen LogP contribution >= 0.6 is 0 Å². The Morgan fingerprint density at radius 2 is 1.75 bits per heavy atom. The minimum absolute atomic E-state index is 0.0128. The molecule has 7 aliphatic rings. The molecule has 0 aromatic heterocycles. The number of hydrogen-bond donors (Lipinski definition) is 7. The standard InChI is InChI=1S/C50H81N3O7/c1-60-46-27-38-11-14-47(58)50(19-15-33(24-48(50)59)23-37(18-22-54)40-25-39-10-13-42(56)29-44(39)53-31-40)20-16-34(43(38)30-45(46)57)9-12-41(55)26-35(36-17-21-52-49(51)28-36)8-7-32-5-3-2-4-6-32/h7-8,32-41,43-46,48-49,52-55,57,59H,2-6,9-15,17-19,21-31,51H2,1H3/t33-,34+,35+,36?,37+,38?,39+,40-,41+,43?,44-,45?,46?,48-,49?,50-/m1/s1. The number of fused-ring (bicyclic) bond motifs is 2. The summed E-state index contributed by atoms with van der Waals surface area (Å²) in [6.45, 7) is 1.90. The van der Waals surface area contributed by atoms with Crippen LogP contribution in [0, 0.1) is 76.4 Å². The molecular weight excluding hydrogens is 755 g/mol. The summed E-state index contributed by atoms with van der Waals surface area (Å²) in [5.41, 5.74) is 5.28. The van der Waals surface area contributed by atoms with Crippen molar-refractivity contribution >= 4 is 11.6 Å². The quantitative estimate of drug-likeness (QED) is 0.0835. The lowest BCUT2D eigenvalue weighted by atomic mass is 9.63. The molecular formula is C50H81N3O7. The molecule has 0 bridgehead atoms. The molecule has 0 amide bonds. The number of nitrogens with one attached hydrogen (secondary N) is 2. The molecule has 5 aliphatic carbocycles. The Morgan fingerprint density at radius 1 is 0.933 bits per heavy atom. The van der Waals surface area contributed by atoms with Gasteiger partial charge in [-0.15, -0.1) is 0 Å². The second kappa shape index (κ2) is 21.8. The Balaban J connectivity index is 1.05. The van der Waals surface area contributed by atoms with Crippen molar-refractivity contribution in [3.63, 3.8) is 0 Å². The van der Waals surface area contributed by atoms with Crippen molar-refractivity contribution in [1.82, 2.24) is 10.6 Å². The van der Waals surface area contributed by atoms with Gasteiger partial charge < -0.3 is 41.5 Å². The van der Waals surface area contributed by atoms with E-state index < -0.39 is 23.7 Å². The number of ether oxygens (including phenoxy) is 1.